The molecule has 1 aliphatic rings. The topological polar surface area (TPSA) is 142 Å². The SMILES string of the molecule is CC(=O)O/N=C(\C(=O)c1ccc(-c2ccc([N+](=O)[O-])cc2[N+](=O)[O-])cc1)C1CCCCC1. The van der Waals surface area contributed by atoms with Crippen molar-refractivity contribution in [2.45, 2.75) is 39.0 Å². The summed E-state index contributed by atoms with van der Waals surface area (Å²) in [6.45, 7) is 1.21. The molecule has 0 heterocycles. The Labute approximate surface area is 183 Å². The summed E-state index contributed by atoms with van der Waals surface area (Å²) in [6, 6.07) is 9.49. The molecule has 3 rings (SSSR count). The number of oxime groups is 1. The zero-order chi connectivity index (χ0) is 23.3. The van der Waals surface area contributed by atoms with E-state index in [1.807, 2.05) is 0 Å². The van der Waals surface area contributed by atoms with Gasteiger partial charge >= 0.3 is 5.97 Å². The van der Waals surface area contributed by atoms with E-state index in [0.29, 0.717) is 11.1 Å². The number of nitrogens with zero attached hydrogens (tertiary/aromatic N) is 3. The highest BCUT2D eigenvalue weighted by Gasteiger charge is 2.27. The van der Waals surface area contributed by atoms with Gasteiger partial charge in [-0.05, 0) is 24.5 Å². The summed E-state index contributed by atoms with van der Waals surface area (Å²) in [5, 5.41) is 26.2. The molecule has 1 fully saturated rings. The lowest BCUT2D eigenvalue weighted by Crippen LogP contribution is -2.27. The third kappa shape index (κ3) is 5.20. The van der Waals surface area contributed by atoms with Crippen molar-refractivity contribution in [1.29, 1.82) is 0 Å². The number of Topliss-reactive ketones (excluding diaryl/α,β-unsaturated/α-hetero) is 1. The molecule has 1 aliphatic carbocycles. The number of nitro groups is 2. The van der Waals surface area contributed by atoms with E-state index in [4.69, 9.17) is 4.84 Å². The first-order chi connectivity index (χ1) is 15.3. The summed E-state index contributed by atoms with van der Waals surface area (Å²) in [4.78, 5) is 50.0. The smallest absolute Gasteiger partial charge is 0.318 e. The minimum Gasteiger partial charge on any atom is -0.318 e. The number of carbonyl (C=O) groups excluding carboxylic acids is 2. The Hall–Kier alpha value is -3.95. The monoisotopic (exact) mass is 439 g/mol. The van der Waals surface area contributed by atoms with Gasteiger partial charge in [0.05, 0.1) is 21.5 Å². The lowest BCUT2D eigenvalue weighted by molar-refractivity contribution is -0.393. The number of rotatable bonds is 7. The lowest BCUT2D eigenvalue weighted by Gasteiger charge is -2.22. The molecule has 0 N–H and O–H groups in total. The van der Waals surface area contributed by atoms with E-state index in [-0.39, 0.29) is 28.7 Å². The Kier molecular flexibility index (Phi) is 7.04. The van der Waals surface area contributed by atoms with Gasteiger partial charge in [-0.15, -0.1) is 0 Å². The van der Waals surface area contributed by atoms with Crippen LogP contribution in [0.1, 0.15) is 49.4 Å². The molecular formula is C22H21N3O7. The van der Waals surface area contributed by atoms with Crippen LogP contribution in [0.4, 0.5) is 11.4 Å². The number of non-ortho nitro benzene ring substituents is 1. The second-order valence-corrected chi connectivity index (χ2v) is 7.52. The number of benzene rings is 2. The van der Waals surface area contributed by atoms with Gasteiger partial charge in [-0.3, -0.25) is 25.0 Å². The Morgan fingerprint density at radius 3 is 2.19 bits per heavy atom. The van der Waals surface area contributed by atoms with E-state index in [1.165, 1.54) is 43.3 Å². The Morgan fingerprint density at radius 1 is 0.969 bits per heavy atom. The van der Waals surface area contributed by atoms with Crippen LogP contribution in [-0.2, 0) is 9.63 Å². The van der Waals surface area contributed by atoms with E-state index in [1.54, 1.807) is 0 Å². The zero-order valence-corrected chi connectivity index (χ0v) is 17.4. The molecule has 0 aromatic heterocycles. The fraction of sp³-hybridized carbons (Fsp3) is 0.318. The summed E-state index contributed by atoms with van der Waals surface area (Å²) < 4.78 is 0. The molecule has 0 saturated heterocycles. The quantitative estimate of drug-likeness (QED) is 0.197. The van der Waals surface area contributed by atoms with Crippen molar-refractivity contribution < 1.29 is 24.3 Å². The fourth-order valence-electron chi connectivity index (χ4n) is 3.77. The van der Waals surface area contributed by atoms with Gasteiger partial charge in [0.15, 0.2) is 0 Å². The number of nitro benzene ring substituents is 2. The van der Waals surface area contributed by atoms with Crippen LogP contribution in [0.5, 0.6) is 0 Å². The van der Waals surface area contributed by atoms with E-state index in [2.05, 4.69) is 5.16 Å². The standard InChI is InChI=1S/C22H21N3O7/c1-14(26)32-23-21(16-5-3-2-4-6-16)22(27)17-9-7-15(8-10-17)19-12-11-18(24(28)29)13-20(19)25(30)31/h7-13,16H,2-6H2,1H3/b23-21-. The normalized spacial score (nSPS) is 14.6. The Bertz CT molecular complexity index is 1090. The largest absolute Gasteiger partial charge is 0.331 e. The summed E-state index contributed by atoms with van der Waals surface area (Å²) in [6.07, 6.45) is 4.55. The maximum absolute atomic E-state index is 13.1. The Balaban J connectivity index is 1.92. The maximum Gasteiger partial charge on any atom is 0.331 e. The first-order valence-corrected chi connectivity index (χ1v) is 10.1. The van der Waals surface area contributed by atoms with Crippen molar-refractivity contribution in [2.24, 2.45) is 11.1 Å². The first kappa shape index (κ1) is 22.7. The van der Waals surface area contributed by atoms with Crippen LogP contribution in [0.25, 0.3) is 11.1 Å². The third-order valence-electron chi connectivity index (χ3n) is 5.34. The lowest BCUT2D eigenvalue weighted by atomic mass is 9.83. The van der Waals surface area contributed by atoms with Gasteiger partial charge in [0.25, 0.3) is 11.4 Å². The first-order valence-electron chi connectivity index (χ1n) is 10.1. The molecule has 0 spiro atoms. The number of hydrogen-bond acceptors (Lipinski definition) is 8. The second-order valence-electron chi connectivity index (χ2n) is 7.52. The molecule has 166 valence electrons. The molecule has 0 bridgehead atoms. The van der Waals surface area contributed by atoms with E-state index in [0.717, 1.165) is 38.2 Å². The minimum absolute atomic E-state index is 0.106. The predicted molar refractivity (Wildman–Crippen MR) is 115 cm³/mol. The van der Waals surface area contributed by atoms with E-state index < -0.39 is 21.5 Å². The van der Waals surface area contributed by atoms with Crippen molar-refractivity contribution >= 4 is 28.8 Å². The average molecular weight is 439 g/mol. The molecule has 0 radical (unpaired) electrons. The van der Waals surface area contributed by atoms with Crippen LogP contribution in [0.15, 0.2) is 47.6 Å². The third-order valence-corrected chi connectivity index (χ3v) is 5.34. The highest BCUT2D eigenvalue weighted by Crippen LogP contribution is 2.33. The number of hydrogen-bond donors (Lipinski definition) is 0. The van der Waals surface area contributed by atoms with Crippen molar-refractivity contribution in [3.63, 3.8) is 0 Å². The molecule has 0 unspecified atom stereocenters. The molecule has 1 saturated carbocycles. The van der Waals surface area contributed by atoms with Gasteiger partial charge in [-0.25, -0.2) is 4.79 Å². The van der Waals surface area contributed by atoms with Gasteiger partial charge < -0.3 is 4.84 Å². The highest BCUT2D eigenvalue weighted by molar-refractivity contribution is 6.46. The van der Waals surface area contributed by atoms with Crippen molar-refractivity contribution in [1.82, 2.24) is 0 Å². The number of ketones is 1. The van der Waals surface area contributed by atoms with E-state index >= 15 is 0 Å². The molecule has 0 amide bonds. The van der Waals surface area contributed by atoms with Gasteiger partial charge in [0, 0.05) is 24.5 Å². The van der Waals surface area contributed by atoms with Crippen LogP contribution < -0.4 is 0 Å². The molecule has 32 heavy (non-hydrogen) atoms. The molecule has 10 heteroatoms. The maximum atomic E-state index is 13.1. The van der Waals surface area contributed by atoms with Crippen molar-refractivity contribution in [3.05, 3.63) is 68.3 Å². The van der Waals surface area contributed by atoms with Crippen LogP contribution in [0, 0.1) is 26.1 Å². The van der Waals surface area contributed by atoms with Crippen LogP contribution in [0.3, 0.4) is 0 Å². The van der Waals surface area contributed by atoms with Crippen LogP contribution in [-0.4, -0.2) is 27.3 Å². The number of carbonyl (C=O) groups is 2. The highest BCUT2D eigenvalue weighted by atomic mass is 16.7. The van der Waals surface area contributed by atoms with Crippen LogP contribution in [0.2, 0.25) is 0 Å². The van der Waals surface area contributed by atoms with Crippen molar-refractivity contribution in [3.8, 4) is 11.1 Å². The predicted octanol–water partition coefficient (Wildman–Crippen LogP) is 4.85. The molecular weight excluding hydrogens is 418 g/mol. The van der Waals surface area contributed by atoms with Crippen LogP contribution >= 0.6 is 0 Å². The molecule has 10 nitrogen and oxygen atoms in total. The second kappa shape index (κ2) is 9.90. The van der Waals surface area contributed by atoms with Gasteiger partial charge in [0.1, 0.15) is 5.71 Å². The van der Waals surface area contributed by atoms with Crippen molar-refractivity contribution in [2.75, 3.05) is 0 Å². The molecule has 0 atom stereocenters. The Morgan fingerprint density at radius 2 is 1.62 bits per heavy atom. The zero-order valence-electron chi connectivity index (χ0n) is 17.4. The average Bonchev–Trinajstić information content (AvgIpc) is 2.79. The van der Waals surface area contributed by atoms with E-state index in [9.17, 15) is 29.8 Å². The van der Waals surface area contributed by atoms with Gasteiger partial charge in [-0.2, -0.15) is 0 Å². The summed E-state index contributed by atoms with van der Waals surface area (Å²) >= 11 is 0. The molecule has 2 aromatic rings. The fourth-order valence-corrected chi connectivity index (χ4v) is 3.77. The van der Waals surface area contributed by atoms with Gasteiger partial charge in [-0.1, -0.05) is 48.7 Å². The molecule has 2 aromatic carbocycles. The van der Waals surface area contributed by atoms with Gasteiger partial charge in [0.2, 0.25) is 5.78 Å². The summed E-state index contributed by atoms with van der Waals surface area (Å²) in [5.41, 5.74) is 0.326. The minimum atomic E-state index is -0.701. The summed E-state index contributed by atoms with van der Waals surface area (Å²) in [5.74, 6) is -1.10. The molecule has 0 aliphatic heterocycles. The summed E-state index contributed by atoms with van der Waals surface area (Å²) in [7, 11) is 0.